The van der Waals surface area contributed by atoms with Crippen LogP contribution in [0.15, 0.2) is 0 Å². The third-order valence-electron chi connectivity index (χ3n) is 0. The summed E-state index contributed by atoms with van der Waals surface area (Å²) in [6.07, 6.45) is 0. The van der Waals surface area contributed by atoms with Gasteiger partial charge in [-0.3, -0.25) is 0 Å². The molecule has 0 N–H and O–H groups in total. The van der Waals surface area contributed by atoms with Crippen molar-refractivity contribution in [3.63, 3.8) is 0 Å². The van der Waals surface area contributed by atoms with Crippen molar-refractivity contribution in [1.29, 1.82) is 0 Å². The average molecular weight is 332 g/mol. The molecule has 0 aliphatic heterocycles. The van der Waals surface area contributed by atoms with Crippen molar-refractivity contribution in [2.24, 2.45) is 0 Å². The van der Waals surface area contributed by atoms with E-state index in [-0.39, 0.29) is 133 Å². The third kappa shape index (κ3) is 9.52. The quantitative estimate of drug-likeness (QED) is 0.418. The van der Waals surface area contributed by atoms with Crippen LogP contribution in [0.25, 0.3) is 0 Å². The van der Waals surface area contributed by atoms with Crippen molar-refractivity contribution in [3.05, 3.63) is 0 Å². The van der Waals surface area contributed by atoms with E-state index in [1.807, 2.05) is 0 Å². The molecule has 0 heterocycles. The molecule has 0 saturated carbocycles. The van der Waals surface area contributed by atoms with Gasteiger partial charge in [-0.2, -0.15) is 0 Å². The summed E-state index contributed by atoms with van der Waals surface area (Å²) in [4.78, 5) is 0. The normalized spacial score (nSPS) is 0. The number of rotatable bonds is 0. The fraction of sp³-hybridized carbons (Fsp3) is 0. The number of hydrogen-bond acceptors (Lipinski definition) is 0. The van der Waals surface area contributed by atoms with Gasteiger partial charge in [0, 0.05) is 79.9 Å². The van der Waals surface area contributed by atoms with E-state index in [0.29, 0.717) is 0 Å². The van der Waals surface area contributed by atoms with E-state index in [1.165, 1.54) is 0 Å². The number of hydrogen-bond donors (Lipinski definition) is 0. The second kappa shape index (κ2) is 15.7. The first kappa shape index (κ1) is 24.1. The van der Waals surface area contributed by atoms with Gasteiger partial charge in [-0.25, -0.2) is 0 Å². The Morgan fingerprint density at radius 3 is 1.25 bits per heavy atom. The topological polar surface area (TPSA) is 0 Å². The Labute approximate surface area is 129 Å². The van der Waals surface area contributed by atoms with Gasteiger partial charge in [0.1, 0.15) is 0 Å². The maximum absolute atomic E-state index is 0. The van der Waals surface area contributed by atoms with Gasteiger partial charge in [0.25, 0.3) is 0 Å². The molecule has 4 heteroatoms. The van der Waals surface area contributed by atoms with Crippen LogP contribution >= 0.6 is 0 Å². The van der Waals surface area contributed by atoms with Crippen LogP contribution in [0, 0.1) is 41.7 Å². The first-order chi connectivity index (χ1) is 0. The summed E-state index contributed by atoms with van der Waals surface area (Å²) in [5.74, 6) is 0. The molecule has 0 aliphatic carbocycles. The van der Waals surface area contributed by atoms with Gasteiger partial charge in [-0.15, -0.1) is 0 Å². The van der Waals surface area contributed by atoms with Crippen LogP contribution in [0.3, 0.4) is 0 Å². The van der Waals surface area contributed by atoms with E-state index in [4.69, 9.17) is 0 Å². The average Bonchev–Trinajstić information content (AvgIpc) is 0. The minimum Gasteiger partial charge on any atom is -1.00 e. The molecule has 0 aromatic heterocycles. The predicted octanol–water partition coefficient (Wildman–Crippen LogP) is -2.89. The van der Waals surface area contributed by atoms with Gasteiger partial charge in [-0.1, -0.05) is 0 Å². The third-order valence-corrected chi connectivity index (χ3v) is 0. The van der Waals surface area contributed by atoms with Crippen molar-refractivity contribution < 1.29 is 133 Å². The van der Waals surface area contributed by atoms with Gasteiger partial charge in [-0.05, 0) is 0 Å². The van der Waals surface area contributed by atoms with Gasteiger partial charge in [0.15, 0.2) is 0 Å². The SMILES string of the molecule is [Ce].[Fe].[H-].[K+].[Mo]. The van der Waals surface area contributed by atoms with Gasteiger partial charge in [0.05, 0.1) is 0 Å². The zero-order chi connectivity index (χ0) is 0. The summed E-state index contributed by atoms with van der Waals surface area (Å²) in [6.45, 7) is 0. The molecule has 0 unspecified atom stereocenters. The van der Waals surface area contributed by atoms with Crippen molar-refractivity contribution >= 4 is 0 Å². The fourth-order valence-electron chi connectivity index (χ4n) is 0. The molecule has 0 spiro atoms. The second-order valence-corrected chi connectivity index (χ2v) is 0. The van der Waals surface area contributed by atoms with Gasteiger partial charge in [0.2, 0.25) is 0 Å². The summed E-state index contributed by atoms with van der Waals surface area (Å²) in [6, 6.07) is 0. The Kier molecular flexibility index (Phi) is 94.3. The van der Waals surface area contributed by atoms with E-state index in [9.17, 15) is 0 Å². The summed E-state index contributed by atoms with van der Waals surface area (Å²) in [7, 11) is 0. The molecule has 0 saturated heterocycles. The molecule has 0 fully saturated rings. The predicted molar refractivity (Wildman–Crippen MR) is 1.11 cm³/mol. The van der Waals surface area contributed by atoms with Gasteiger partial charge >= 0.3 is 51.4 Å². The molecule has 0 aliphatic rings. The summed E-state index contributed by atoms with van der Waals surface area (Å²) >= 11 is 0. The minimum atomic E-state index is 0. The molecule has 0 rings (SSSR count). The molecule has 0 nitrogen and oxygen atoms in total. The largest absolute Gasteiger partial charge is 1.00 e. The van der Waals surface area contributed by atoms with E-state index < -0.39 is 0 Å². The molecule has 0 amide bonds. The maximum atomic E-state index is 0. The van der Waals surface area contributed by atoms with E-state index >= 15 is 0 Å². The van der Waals surface area contributed by atoms with E-state index in [1.54, 1.807) is 0 Å². The summed E-state index contributed by atoms with van der Waals surface area (Å²) in [5.41, 5.74) is 0. The Bertz CT molecular complexity index is 11.6. The Hall–Kier alpha value is 4.22. The Morgan fingerprint density at radius 2 is 1.25 bits per heavy atom. The monoisotopic (exact) mass is 334 g/mol. The van der Waals surface area contributed by atoms with E-state index in [2.05, 4.69) is 0 Å². The first-order valence-corrected chi connectivity index (χ1v) is 0. The van der Waals surface area contributed by atoms with Crippen molar-refractivity contribution in [1.82, 2.24) is 0 Å². The van der Waals surface area contributed by atoms with E-state index in [0.717, 1.165) is 0 Å². The first-order valence-electron chi connectivity index (χ1n) is 0. The molecule has 4 heavy (non-hydrogen) atoms. The molecular formula is HCeFeKMo. The van der Waals surface area contributed by atoms with Crippen LogP contribution in [0.4, 0.5) is 0 Å². The zero-order valence-electron chi connectivity index (χ0n) is 3.26. The molecule has 20 valence electrons. The molecule has 0 aromatic carbocycles. The van der Waals surface area contributed by atoms with Crippen molar-refractivity contribution in [3.8, 4) is 0 Å². The van der Waals surface area contributed by atoms with Crippen LogP contribution in [0.5, 0.6) is 0 Å². The Balaban J connectivity index is 0. The van der Waals surface area contributed by atoms with Crippen LogP contribution in [-0.2, 0) is 38.1 Å². The molecule has 0 atom stereocenters. The fourth-order valence-corrected chi connectivity index (χ4v) is 0. The maximum Gasteiger partial charge on any atom is 1.00 e. The van der Waals surface area contributed by atoms with Crippen LogP contribution in [-0.4, -0.2) is 0 Å². The molecular weight excluding hydrogens is 331 g/mol. The van der Waals surface area contributed by atoms with Crippen LogP contribution in [0.2, 0.25) is 0 Å². The van der Waals surface area contributed by atoms with Crippen LogP contribution < -0.4 is 51.4 Å². The zero-order valence-corrected chi connectivity index (χ0v) is 11.6. The molecule has 0 radical (unpaired) electrons. The Morgan fingerprint density at radius 1 is 1.25 bits per heavy atom. The standard InChI is InChI=1S/Ce.Fe.K.Mo.H/q;;+1;;-1. The second-order valence-electron chi connectivity index (χ2n) is 0. The van der Waals surface area contributed by atoms with Crippen molar-refractivity contribution in [2.75, 3.05) is 0 Å². The summed E-state index contributed by atoms with van der Waals surface area (Å²) in [5, 5.41) is 0. The van der Waals surface area contributed by atoms with Crippen molar-refractivity contribution in [2.45, 2.75) is 0 Å². The van der Waals surface area contributed by atoms with Crippen LogP contribution in [0.1, 0.15) is 1.43 Å². The molecule has 0 aromatic rings. The smallest absolute Gasteiger partial charge is 1.00 e. The minimum absolute atomic E-state index is 0. The van der Waals surface area contributed by atoms with Gasteiger partial charge < -0.3 is 1.43 Å². The molecule has 0 bridgehead atoms. The summed E-state index contributed by atoms with van der Waals surface area (Å²) < 4.78 is 0.